The zero-order valence-corrected chi connectivity index (χ0v) is 20.4. The molecule has 2 aliphatic rings. The van der Waals surface area contributed by atoms with Gasteiger partial charge in [0.15, 0.2) is 11.6 Å². The fourth-order valence-electron chi connectivity index (χ4n) is 5.28. The van der Waals surface area contributed by atoms with E-state index in [1.807, 2.05) is 23.9 Å². The Hall–Kier alpha value is -2.51. The van der Waals surface area contributed by atoms with Gasteiger partial charge in [-0.05, 0) is 36.8 Å². The van der Waals surface area contributed by atoms with E-state index in [9.17, 15) is 5.11 Å². The van der Waals surface area contributed by atoms with E-state index in [0.717, 1.165) is 35.6 Å². The average Bonchev–Trinajstić information content (AvgIpc) is 3.19. The Kier molecular flexibility index (Phi) is 5.45. The maximum Gasteiger partial charge on any atom is 0.159 e. The summed E-state index contributed by atoms with van der Waals surface area (Å²) in [6.07, 6.45) is 5.67. The van der Waals surface area contributed by atoms with Crippen LogP contribution in [0.3, 0.4) is 0 Å². The van der Waals surface area contributed by atoms with Crippen molar-refractivity contribution in [3.05, 3.63) is 41.9 Å². The molecular weight excluding hydrogens is 414 g/mol. The van der Waals surface area contributed by atoms with Crippen LogP contribution in [0.15, 0.2) is 30.5 Å². The molecule has 7 nitrogen and oxygen atoms in total. The summed E-state index contributed by atoms with van der Waals surface area (Å²) < 4.78 is 7.31. The first kappa shape index (κ1) is 22.3. The largest absolute Gasteiger partial charge is 0.389 e. The minimum atomic E-state index is -0.687. The maximum atomic E-state index is 10.9. The third kappa shape index (κ3) is 3.81. The van der Waals surface area contributed by atoms with Crippen LogP contribution < -0.4 is 4.90 Å². The lowest BCUT2D eigenvalue weighted by Gasteiger charge is -2.46. The first-order chi connectivity index (χ1) is 15.7. The molecule has 1 saturated carbocycles. The molecule has 0 radical (unpaired) electrons. The zero-order chi connectivity index (χ0) is 23.4. The Morgan fingerprint density at radius 2 is 1.76 bits per heavy atom. The van der Waals surface area contributed by atoms with Crippen LogP contribution in [0.4, 0.5) is 5.82 Å². The quantitative estimate of drug-likeness (QED) is 0.628. The van der Waals surface area contributed by atoms with E-state index in [4.69, 9.17) is 19.8 Å². The van der Waals surface area contributed by atoms with E-state index in [2.05, 4.69) is 43.9 Å². The van der Waals surface area contributed by atoms with Gasteiger partial charge in [0, 0.05) is 43.5 Å². The lowest BCUT2D eigenvalue weighted by Crippen LogP contribution is -2.55. The van der Waals surface area contributed by atoms with Crippen molar-refractivity contribution in [2.45, 2.75) is 64.6 Å². The van der Waals surface area contributed by atoms with Crippen molar-refractivity contribution in [2.75, 3.05) is 25.1 Å². The first-order valence-electron chi connectivity index (χ1n) is 12.0. The summed E-state index contributed by atoms with van der Waals surface area (Å²) in [7, 11) is 1.66. The van der Waals surface area contributed by atoms with Crippen molar-refractivity contribution in [2.24, 2.45) is 11.8 Å². The van der Waals surface area contributed by atoms with Gasteiger partial charge in [0.05, 0.1) is 17.3 Å². The number of hydrogen-bond donors (Lipinski definition) is 1. The van der Waals surface area contributed by atoms with E-state index < -0.39 is 5.60 Å². The number of aliphatic hydroxyl groups is 1. The van der Waals surface area contributed by atoms with Crippen molar-refractivity contribution < 1.29 is 9.84 Å². The normalized spacial score (nSPS) is 27.0. The Labute approximate surface area is 195 Å². The first-order valence-corrected chi connectivity index (χ1v) is 12.0. The summed E-state index contributed by atoms with van der Waals surface area (Å²) in [5.41, 5.74) is 2.01. The number of piperidine rings is 1. The number of nitrogens with zero attached hydrogens (tertiary/aromatic N) is 5. The van der Waals surface area contributed by atoms with Gasteiger partial charge in [0.2, 0.25) is 0 Å². The second-order valence-corrected chi connectivity index (χ2v) is 10.6. The van der Waals surface area contributed by atoms with Crippen LogP contribution in [0.2, 0.25) is 0 Å². The van der Waals surface area contributed by atoms with Crippen LogP contribution >= 0.6 is 0 Å². The highest BCUT2D eigenvalue weighted by molar-refractivity contribution is 5.81. The lowest BCUT2D eigenvalue weighted by atomic mass is 9.66. The van der Waals surface area contributed by atoms with Crippen molar-refractivity contribution in [3.63, 3.8) is 0 Å². The average molecular weight is 450 g/mol. The van der Waals surface area contributed by atoms with E-state index in [1.165, 1.54) is 24.8 Å². The van der Waals surface area contributed by atoms with E-state index >= 15 is 0 Å². The van der Waals surface area contributed by atoms with Crippen LogP contribution in [0.1, 0.15) is 58.3 Å². The molecular formula is C26H35N5O2. The highest BCUT2D eigenvalue weighted by atomic mass is 16.5. The monoisotopic (exact) mass is 449 g/mol. The molecule has 1 unspecified atom stereocenters. The SMILES string of the molecule is COCc1nc(N2C[C@@H](C)C(C)(O)[C@@H](C)C2)cc(-n2ncc3ccc(C4(C)CCC4)cc32)n1. The van der Waals surface area contributed by atoms with E-state index in [0.29, 0.717) is 12.4 Å². The van der Waals surface area contributed by atoms with Gasteiger partial charge in [-0.1, -0.05) is 39.3 Å². The highest BCUT2D eigenvalue weighted by Crippen LogP contribution is 2.44. The van der Waals surface area contributed by atoms with Crippen molar-refractivity contribution in [1.82, 2.24) is 19.7 Å². The molecule has 0 amide bonds. The van der Waals surface area contributed by atoms with Gasteiger partial charge in [0.25, 0.3) is 0 Å². The third-order valence-corrected chi connectivity index (χ3v) is 8.27. The van der Waals surface area contributed by atoms with Gasteiger partial charge in [-0.3, -0.25) is 0 Å². The summed E-state index contributed by atoms with van der Waals surface area (Å²) >= 11 is 0. The Bertz CT molecular complexity index is 1150. The highest BCUT2D eigenvalue weighted by Gasteiger charge is 2.41. The number of rotatable bonds is 5. The predicted molar refractivity (Wildman–Crippen MR) is 130 cm³/mol. The van der Waals surface area contributed by atoms with Gasteiger partial charge in [-0.25, -0.2) is 14.6 Å². The summed E-state index contributed by atoms with van der Waals surface area (Å²) in [5.74, 6) is 2.49. The number of anilines is 1. The molecule has 176 valence electrons. The van der Waals surface area contributed by atoms with Gasteiger partial charge in [0.1, 0.15) is 12.4 Å². The molecule has 33 heavy (non-hydrogen) atoms. The standard InChI is InChI=1S/C26H35N5O2/c1-17-14-30(15-18(2)26(17,4)32)23-12-24(29-22(28-23)16-33-5)31-21-11-20(25(3)9-6-10-25)8-7-19(21)13-27-31/h7-8,11-13,17-18,32H,6,9-10,14-16H2,1-5H3/t17-,18+,26?. The summed E-state index contributed by atoms with van der Waals surface area (Å²) in [5, 5.41) is 16.7. The lowest BCUT2D eigenvalue weighted by molar-refractivity contribution is -0.0504. The van der Waals surface area contributed by atoms with Crippen molar-refractivity contribution >= 4 is 16.7 Å². The Morgan fingerprint density at radius 3 is 2.39 bits per heavy atom. The fourth-order valence-corrected chi connectivity index (χ4v) is 5.28. The van der Waals surface area contributed by atoms with Gasteiger partial charge >= 0.3 is 0 Å². The number of fused-ring (bicyclic) bond motifs is 1. The molecule has 5 rings (SSSR count). The number of methoxy groups -OCH3 is 1. The molecule has 1 aliphatic heterocycles. The second-order valence-electron chi connectivity index (χ2n) is 10.6. The smallest absolute Gasteiger partial charge is 0.159 e. The van der Waals surface area contributed by atoms with E-state index in [-0.39, 0.29) is 17.3 Å². The van der Waals surface area contributed by atoms with Crippen LogP contribution in [-0.4, -0.2) is 50.7 Å². The van der Waals surface area contributed by atoms with Crippen LogP contribution in [0.25, 0.3) is 16.7 Å². The van der Waals surface area contributed by atoms with Gasteiger partial charge < -0.3 is 14.7 Å². The fraction of sp³-hybridized carbons (Fsp3) is 0.577. The molecule has 2 aromatic heterocycles. The molecule has 7 heteroatoms. The van der Waals surface area contributed by atoms with Crippen LogP contribution in [0.5, 0.6) is 0 Å². The molecule has 3 atom stereocenters. The maximum absolute atomic E-state index is 10.9. The minimum absolute atomic E-state index is 0.127. The number of hydrogen-bond acceptors (Lipinski definition) is 6. The summed E-state index contributed by atoms with van der Waals surface area (Å²) in [6, 6.07) is 8.72. The molecule has 0 spiro atoms. The third-order valence-electron chi connectivity index (χ3n) is 8.27. The molecule has 1 N–H and O–H groups in total. The predicted octanol–water partition coefficient (Wildman–Crippen LogP) is 4.25. The summed E-state index contributed by atoms with van der Waals surface area (Å²) in [6.45, 7) is 10.3. The van der Waals surface area contributed by atoms with Crippen LogP contribution in [0, 0.1) is 11.8 Å². The number of benzene rings is 1. The second kappa shape index (κ2) is 8.06. The molecule has 3 aromatic rings. The topological polar surface area (TPSA) is 76.3 Å². The summed E-state index contributed by atoms with van der Waals surface area (Å²) in [4.78, 5) is 11.8. The number of ether oxygens (including phenoxy) is 1. The van der Waals surface area contributed by atoms with Crippen molar-refractivity contribution in [3.8, 4) is 5.82 Å². The Balaban J connectivity index is 1.57. The van der Waals surface area contributed by atoms with Gasteiger partial charge in [-0.2, -0.15) is 5.10 Å². The van der Waals surface area contributed by atoms with Crippen molar-refractivity contribution in [1.29, 1.82) is 0 Å². The molecule has 0 bridgehead atoms. The van der Waals surface area contributed by atoms with E-state index in [1.54, 1.807) is 7.11 Å². The van der Waals surface area contributed by atoms with Gasteiger partial charge in [-0.15, -0.1) is 0 Å². The molecule has 1 aromatic carbocycles. The zero-order valence-electron chi connectivity index (χ0n) is 20.4. The molecule has 1 aliphatic carbocycles. The van der Waals surface area contributed by atoms with Crippen LogP contribution in [-0.2, 0) is 16.8 Å². The molecule has 1 saturated heterocycles. The Morgan fingerprint density at radius 1 is 1.06 bits per heavy atom. The minimum Gasteiger partial charge on any atom is -0.389 e. The molecule has 3 heterocycles. The number of aromatic nitrogens is 4. The molecule has 2 fully saturated rings.